The fourth-order valence-electron chi connectivity index (χ4n) is 2.49. The average Bonchev–Trinajstić information content (AvgIpc) is 2.14. The molecule has 1 aromatic carbocycles. The van der Waals surface area contributed by atoms with E-state index in [9.17, 15) is 0 Å². The van der Waals surface area contributed by atoms with Crippen LogP contribution in [0, 0.1) is 0 Å². The van der Waals surface area contributed by atoms with Crippen LogP contribution in [-0.2, 0) is 0 Å². The standard InChI is InChI=1S/C14H26NSi/c1-13(14-10-8-7-9-11-14)15(2,3)12-16(4,5)6/h7-11,13H,12H2,1-6H3/q+1. The summed E-state index contributed by atoms with van der Waals surface area (Å²) in [5, 5.41) is 0. The van der Waals surface area contributed by atoms with Gasteiger partial charge < -0.3 is 4.48 Å². The minimum absolute atomic E-state index is 0.577. The van der Waals surface area contributed by atoms with Gasteiger partial charge in [-0.05, 0) is 6.92 Å². The predicted molar refractivity (Wildman–Crippen MR) is 75.2 cm³/mol. The van der Waals surface area contributed by atoms with Crippen molar-refractivity contribution in [2.45, 2.75) is 32.6 Å². The molecule has 16 heavy (non-hydrogen) atoms. The van der Waals surface area contributed by atoms with E-state index in [4.69, 9.17) is 0 Å². The highest BCUT2D eigenvalue weighted by molar-refractivity contribution is 6.75. The van der Waals surface area contributed by atoms with Gasteiger partial charge in [-0.25, -0.2) is 0 Å². The van der Waals surface area contributed by atoms with Crippen LogP contribution < -0.4 is 0 Å². The Morgan fingerprint density at radius 2 is 1.56 bits per heavy atom. The second-order valence-electron chi connectivity index (χ2n) is 6.58. The van der Waals surface area contributed by atoms with Gasteiger partial charge in [-0.3, -0.25) is 0 Å². The van der Waals surface area contributed by atoms with E-state index >= 15 is 0 Å². The third kappa shape index (κ3) is 3.76. The van der Waals surface area contributed by atoms with Gasteiger partial charge in [0.15, 0.2) is 0 Å². The fraction of sp³-hybridized carbons (Fsp3) is 0.571. The molecule has 0 bridgehead atoms. The molecule has 0 N–H and O–H groups in total. The van der Waals surface area contributed by atoms with Gasteiger partial charge in [0.1, 0.15) is 14.1 Å². The summed E-state index contributed by atoms with van der Waals surface area (Å²) in [6.45, 7) is 9.69. The van der Waals surface area contributed by atoms with E-state index in [0.717, 1.165) is 4.48 Å². The van der Waals surface area contributed by atoms with Gasteiger partial charge >= 0.3 is 0 Å². The molecule has 1 unspecified atom stereocenters. The summed E-state index contributed by atoms with van der Waals surface area (Å²) in [5.41, 5.74) is 1.45. The normalized spacial score (nSPS) is 14.9. The van der Waals surface area contributed by atoms with Gasteiger partial charge in [0, 0.05) is 5.56 Å². The predicted octanol–water partition coefficient (Wildman–Crippen LogP) is 3.70. The maximum atomic E-state index is 2.45. The Morgan fingerprint density at radius 3 is 2.00 bits per heavy atom. The van der Waals surface area contributed by atoms with Gasteiger partial charge in [-0.2, -0.15) is 0 Å². The van der Waals surface area contributed by atoms with Crippen LogP contribution in [0.4, 0.5) is 0 Å². The molecular formula is C14H26NSi+. The molecular weight excluding hydrogens is 210 g/mol. The zero-order valence-electron chi connectivity index (χ0n) is 11.6. The number of benzene rings is 1. The average molecular weight is 236 g/mol. The molecule has 0 aliphatic heterocycles. The molecule has 0 amide bonds. The third-order valence-corrected chi connectivity index (χ3v) is 4.98. The first-order valence-electron chi connectivity index (χ1n) is 6.10. The molecule has 1 atom stereocenters. The van der Waals surface area contributed by atoms with E-state index in [2.05, 4.69) is 71.0 Å². The van der Waals surface area contributed by atoms with E-state index in [-0.39, 0.29) is 0 Å². The zero-order chi connectivity index (χ0) is 12.4. The summed E-state index contributed by atoms with van der Waals surface area (Å²) in [4.78, 5) is 0. The van der Waals surface area contributed by atoms with E-state index in [1.807, 2.05) is 0 Å². The van der Waals surface area contributed by atoms with Crippen molar-refractivity contribution in [1.29, 1.82) is 0 Å². The molecule has 1 rings (SSSR count). The van der Waals surface area contributed by atoms with Crippen LogP contribution in [0.25, 0.3) is 0 Å². The zero-order valence-corrected chi connectivity index (χ0v) is 12.6. The second-order valence-corrected chi connectivity index (χ2v) is 12.0. The van der Waals surface area contributed by atoms with Crippen molar-refractivity contribution in [3.05, 3.63) is 35.9 Å². The summed E-state index contributed by atoms with van der Waals surface area (Å²) in [6.07, 6.45) is 1.32. The minimum Gasteiger partial charge on any atom is -0.326 e. The highest BCUT2D eigenvalue weighted by atomic mass is 28.3. The lowest BCUT2D eigenvalue weighted by molar-refractivity contribution is -0.910. The third-order valence-electron chi connectivity index (χ3n) is 3.21. The Bertz CT molecular complexity index is 324. The lowest BCUT2D eigenvalue weighted by atomic mass is 10.1. The minimum atomic E-state index is -1.02. The number of nitrogens with zero attached hydrogens (tertiary/aromatic N) is 1. The van der Waals surface area contributed by atoms with Crippen molar-refractivity contribution >= 4 is 8.07 Å². The maximum Gasteiger partial charge on any atom is 0.111 e. The monoisotopic (exact) mass is 236 g/mol. The highest BCUT2D eigenvalue weighted by Gasteiger charge is 2.31. The molecule has 1 nitrogen and oxygen atoms in total. The van der Waals surface area contributed by atoms with Crippen LogP contribution in [-0.4, -0.2) is 32.8 Å². The molecule has 1 aromatic rings. The first-order valence-corrected chi connectivity index (χ1v) is 9.81. The molecule has 0 heterocycles. The molecule has 0 aliphatic carbocycles. The van der Waals surface area contributed by atoms with Crippen molar-refractivity contribution in [2.24, 2.45) is 0 Å². The van der Waals surface area contributed by atoms with Crippen molar-refractivity contribution in [1.82, 2.24) is 0 Å². The van der Waals surface area contributed by atoms with Crippen molar-refractivity contribution < 1.29 is 4.48 Å². The van der Waals surface area contributed by atoms with Crippen LogP contribution in [0.5, 0.6) is 0 Å². The molecule has 0 fully saturated rings. The smallest absolute Gasteiger partial charge is 0.111 e. The number of quaternary nitrogens is 1. The molecule has 90 valence electrons. The molecule has 2 heteroatoms. The Balaban J connectivity index is 2.84. The molecule has 0 radical (unpaired) electrons. The first-order chi connectivity index (χ1) is 7.22. The summed E-state index contributed by atoms with van der Waals surface area (Å²) in [7, 11) is 3.70. The van der Waals surface area contributed by atoms with Crippen LogP contribution in [0.15, 0.2) is 30.3 Å². The Hall–Kier alpha value is -0.603. The lowest BCUT2D eigenvalue weighted by Crippen LogP contribution is -2.51. The van der Waals surface area contributed by atoms with Gasteiger partial charge in [-0.1, -0.05) is 50.0 Å². The SMILES string of the molecule is CC(c1ccccc1)[N+](C)(C)C[Si](C)(C)C. The Kier molecular flexibility index (Phi) is 3.97. The van der Waals surface area contributed by atoms with Crippen LogP contribution >= 0.6 is 0 Å². The molecule has 0 aromatic heterocycles. The maximum absolute atomic E-state index is 2.45. The number of rotatable bonds is 4. The van der Waals surface area contributed by atoms with E-state index < -0.39 is 8.07 Å². The Labute approximate surface area is 102 Å². The quantitative estimate of drug-likeness (QED) is 0.552. The van der Waals surface area contributed by atoms with E-state index in [1.165, 1.54) is 11.7 Å². The van der Waals surface area contributed by atoms with E-state index in [1.54, 1.807) is 0 Å². The summed E-state index contributed by atoms with van der Waals surface area (Å²) >= 11 is 0. The van der Waals surface area contributed by atoms with E-state index in [0.29, 0.717) is 6.04 Å². The van der Waals surface area contributed by atoms with Gasteiger partial charge in [0.25, 0.3) is 0 Å². The number of hydrogen-bond acceptors (Lipinski definition) is 0. The largest absolute Gasteiger partial charge is 0.326 e. The summed E-state index contributed by atoms with van der Waals surface area (Å²) in [5.74, 6) is 0. The van der Waals surface area contributed by atoms with Gasteiger partial charge in [0.2, 0.25) is 0 Å². The van der Waals surface area contributed by atoms with Crippen molar-refractivity contribution in [3.63, 3.8) is 0 Å². The van der Waals surface area contributed by atoms with Crippen LogP contribution in [0.2, 0.25) is 19.6 Å². The van der Waals surface area contributed by atoms with Crippen LogP contribution in [0.1, 0.15) is 18.5 Å². The fourth-order valence-corrected chi connectivity index (χ4v) is 5.21. The molecule has 0 aliphatic rings. The molecule has 0 spiro atoms. The van der Waals surface area contributed by atoms with Crippen molar-refractivity contribution in [2.75, 3.05) is 20.3 Å². The van der Waals surface area contributed by atoms with Gasteiger partial charge in [-0.15, -0.1) is 0 Å². The highest BCUT2D eigenvalue weighted by Crippen LogP contribution is 2.26. The van der Waals surface area contributed by atoms with Crippen molar-refractivity contribution in [3.8, 4) is 0 Å². The number of hydrogen-bond donors (Lipinski definition) is 0. The Morgan fingerprint density at radius 1 is 1.06 bits per heavy atom. The van der Waals surface area contributed by atoms with Crippen LogP contribution in [0.3, 0.4) is 0 Å². The second kappa shape index (κ2) is 4.72. The molecule has 0 saturated carbocycles. The topological polar surface area (TPSA) is 0 Å². The first kappa shape index (κ1) is 13.5. The van der Waals surface area contributed by atoms with Gasteiger partial charge in [0.05, 0.1) is 20.3 Å². The summed E-state index contributed by atoms with van der Waals surface area (Å²) < 4.78 is 1.10. The summed E-state index contributed by atoms with van der Waals surface area (Å²) in [6, 6.07) is 11.4. The lowest BCUT2D eigenvalue weighted by Gasteiger charge is -2.40. The molecule has 0 saturated heterocycles.